The number of fused-ring (bicyclic) bond motifs is 1. The van der Waals surface area contributed by atoms with E-state index in [4.69, 9.17) is 4.74 Å². The van der Waals surface area contributed by atoms with E-state index >= 15 is 0 Å². The highest BCUT2D eigenvalue weighted by Crippen LogP contribution is 2.41. The topological polar surface area (TPSA) is 130 Å². The summed E-state index contributed by atoms with van der Waals surface area (Å²) in [6, 6.07) is 2.77. The van der Waals surface area contributed by atoms with Gasteiger partial charge in [0.1, 0.15) is 17.1 Å². The van der Waals surface area contributed by atoms with Crippen molar-refractivity contribution in [3.63, 3.8) is 0 Å². The molecular weight excluding hydrogens is 408 g/mol. The Morgan fingerprint density at radius 1 is 1.46 bits per heavy atom. The molecule has 0 saturated carbocycles. The number of aldehydes is 1. The molecule has 1 saturated heterocycles. The molecule has 2 amide bonds. The van der Waals surface area contributed by atoms with E-state index in [2.05, 4.69) is 5.32 Å². The van der Waals surface area contributed by atoms with E-state index in [0.29, 0.717) is 6.29 Å². The van der Waals surface area contributed by atoms with Gasteiger partial charge in [-0.25, -0.2) is 4.79 Å². The SMILES string of the molecule is CC(=O)OC(C=O)C1=C(C(=O)O)N2C(=O)[C@H](NC(=O)Cc3cccs3)[C@H]2SC1. The second-order valence-corrected chi connectivity index (χ2v) is 8.19. The van der Waals surface area contributed by atoms with Gasteiger partial charge in [-0.2, -0.15) is 0 Å². The monoisotopic (exact) mass is 424 g/mol. The number of thioether (sulfide) groups is 1. The Morgan fingerprint density at radius 2 is 2.21 bits per heavy atom. The molecule has 3 heterocycles. The van der Waals surface area contributed by atoms with Crippen molar-refractivity contribution in [2.24, 2.45) is 0 Å². The van der Waals surface area contributed by atoms with E-state index in [0.717, 1.165) is 16.7 Å². The van der Waals surface area contributed by atoms with Gasteiger partial charge in [0.15, 0.2) is 12.4 Å². The average molecular weight is 424 g/mol. The molecule has 3 rings (SSSR count). The van der Waals surface area contributed by atoms with Crippen LogP contribution in [0.5, 0.6) is 0 Å². The van der Waals surface area contributed by atoms with Crippen molar-refractivity contribution in [3.8, 4) is 0 Å². The lowest BCUT2D eigenvalue weighted by Crippen LogP contribution is -2.71. The molecular formula is C17H16N2O7S2. The molecule has 2 N–H and O–H groups in total. The molecule has 0 aromatic carbocycles. The van der Waals surface area contributed by atoms with Crippen molar-refractivity contribution in [1.29, 1.82) is 0 Å². The molecule has 0 spiro atoms. The lowest BCUT2D eigenvalue weighted by Gasteiger charge is -2.49. The number of β-lactam (4-membered cyclic amide) rings is 1. The second-order valence-electron chi connectivity index (χ2n) is 6.06. The molecule has 1 aromatic heterocycles. The average Bonchev–Trinajstić information content (AvgIpc) is 3.15. The van der Waals surface area contributed by atoms with Crippen molar-refractivity contribution < 1.29 is 33.8 Å². The summed E-state index contributed by atoms with van der Waals surface area (Å²) < 4.78 is 4.86. The predicted molar refractivity (Wildman–Crippen MR) is 99.3 cm³/mol. The number of carbonyl (C=O) groups is 5. The third-order valence-electron chi connectivity index (χ3n) is 4.19. The summed E-state index contributed by atoms with van der Waals surface area (Å²) in [6.07, 6.45) is -0.923. The molecule has 148 valence electrons. The zero-order valence-corrected chi connectivity index (χ0v) is 16.2. The Morgan fingerprint density at radius 3 is 2.79 bits per heavy atom. The fraction of sp³-hybridized carbons (Fsp3) is 0.353. The summed E-state index contributed by atoms with van der Waals surface area (Å²) in [5, 5.41) is 13.4. The molecule has 2 aliphatic heterocycles. The van der Waals surface area contributed by atoms with Gasteiger partial charge in [0.05, 0.1) is 6.42 Å². The standard InChI is InChI=1S/C17H16N2O7S2/c1-8(21)26-11(6-20)10-7-28-16-13(15(23)19(16)14(10)17(24)25)18-12(22)5-9-3-2-4-27-9/h2-4,6,11,13,16H,5,7H2,1H3,(H,18,22)(H,24,25)/t11?,13-,16+/m0/s1. The lowest BCUT2D eigenvalue weighted by atomic mass is 10.0. The smallest absolute Gasteiger partial charge is 0.352 e. The Balaban J connectivity index is 1.77. The minimum Gasteiger partial charge on any atom is -0.477 e. The fourth-order valence-electron chi connectivity index (χ4n) is 3.02. The summed E-state index contributed by atoms with van der Waals surface area (Å²) in [7, 11) is 0. The van der Waals surface area contributed by atoms with Crippen LogP contribution < -0.4 is 5.32 Å². The summed E-state index contributed by atoms with van der Waals surface area (Å²) in [5.41, 5.74) is -0.341. The number of carboxylic acid groups (broad SMARTS) is 1. The van der Waals surface area contributed by atoms with Crippen LogP contribution in [0, 0.1) is 0 Å². The zero-order valence-electron chi connectivity index (χ0n) is 14.6. The molecule has 3 atom stereocenters. The molecule has 1 aromatic rings. The van der Waals surface area contributed by atoms with Crippen molar-refractivity contribution in [3.05, 3.63) is 33.7 Å². The highest BCUT2D eigenvalue weighted by Gasteiger charge is 2.55. The maximum Gasteiger partial charge on any atom is 0.352 e. The molecule has 1 fully saturated rings. The van der Waals surface area contributed by atoms with E-state index in [1.54, 1.807) is 6.07 Å². The number of amides is 2. The van der Waals surface area contributed by atoms with Crippen LogP contribution >= 0.6 is 23.1 Å². The second kappa shape index (κ2) is 8.15. The van der Waals surface area contributed by atoms with Gasteiger partial charge >= 0.3 is 11.9 Å². The molecule has 28 heavy (non-hydrogen) atoms. The van der Waals surface area contributed by atoms with Gasteiger partial charge < -0.3 is 15.2 Å². The van der Waals surface area contributed by atoms with E-state index < -0.39 is 35.4 Å². The zero-order chi connectivity index (χ0) is 20.4. The van der Waals surface area contributed by atoms with Crippen molar-refractivity contribution in [2.75, 3.05) is 5.75 Å². The summed E-state index contributed by atoms with van der Waals surface area (Å²) in [4.78, 5) is 60.8. The maximum atomic E-state index is 12.5. The van der Waals surface area contributed by atoms with Crippen LogP contribution in [0.25, 0.3) is 0 Å². The number of hydrogen-bond donors (Lipinski definition) is 2. The number of rotatable bonds is 7. The minimum atomic E-state index is -1.41. The van der Waals surface area contributed by atoms with Crippen LogP contribution in [0.2, 0.25) is 0 Å². The molecule has 0 bridgehead atoms. The highest BCUT2D eigenvalue weighted by molar-refractivity contribution is 8.00. The van der Waals surface area contributed by atoms with E-state index in [1.807, 2.05) is 11.4 Å². The minimum absolute atomic E-state index is 0.0377. The van der Waals surface area contributed by atoms with Crippen LogP contribution in [0.3, 0.4) is 0 Å². The Hall–Kier alpha value is -2.66. The molecule has 11 heteroatoms. The molecule has 0 radical (unpaired) electrons. The van der Waals surface area contributed by atoms with Gasteiger partial charge in [-0.1, -0.05) is 6.07 Å². The quantitative estimate of drug-likeness (QED) is 0.360. The third-order valence-corrected chi connectivity index (χ3v) is 6.37. The number of nitrogens with zero attached hydrogens (tertiary/aromatic N) is 1. The third kappa shape index (κ3) is 3.80. The van der Waals surface area contributed by atoms with E-state index in [1.165, 1.54) is 23.1 Å². The molecule has 1 unspecified atom stereocenters. The number of hydrogen-bond acceptors (Lipinski definition) is 8. The van der Waals surface area contributed by atoms with Crippen LogP contribution in [0.15, 0.2) is 28.8 Å². The first kappa shape index (κ1) is 20.1. The van der Waals surface area contributed by atoms with Crippen LogP contribution in [0.4, 0.5) is 0 Å². The van der Waals surface area contributed by atoms with Crippen molar-refractivity contribution >= 4 is 53.1 Å². The van der Waals surface area contributed by atoms with Gasteiger partial charge in [-0.05, 0) is 11.4 Å². The normalized spacial score (nSPS) is 22.0. The Bertz CT molecular complexity index is 865. The Labute approximate surface area is 167 Å². The van der Waals surface area contributed by atoms with Crippen LogP contribution in [0.1, 0.15) is 11.8 Å². The van der Waals surface area contributed by atoms with E-state index in [-0.39, 0.29) is 29.4 Å². The predicted octanol–water partition coefficient (Wildman–Crippen LogP) is 0.160. The van der Waals surface area contributed by atoms with Crippen LogP contribution in [-0.2, 0) is 35.1 Å². The molecule has 0 aliphatic carbocycles. The summed E-state index contributed by atoms with van der Waals surface area (Å²) >= 11 is 2.62. The lowest BCUT2D eigenvalue weighted by molar-refractivity contribution is -0.152. The van der Waals surface area contributed by atoms with Gasteiger partial charge in [0.25, 0.3) is 5.91 Å². The summed E-state index contributed by atoms with van der Waals surface area (Å²) in [5.74, 6) is -2.99. The Kier molecular flexibility index (Phi) is 5.84. The summed E-state index contributed by atoms with van der Waals surface area (Å²) in [6.45, 7) is 1.10. The maximum absolute atomic E-state index is 12.5. The number of esters is 1. The van der Waals surface area contributed by atoms with Gasteiger partial charge in [-0.15, -0.1) is 23.1 Å². The number of carboxylic acids is 1. The number of ether oxygens (including phenoxy) is 1. The first-order valence-electron chi connectivity index (χ1n) is 8.18. The van der Waals surface area contributed by atoms with E-state index in [9.17, 15) is 29.1 Å². The van der Waals surface area contributed by atoms with Crippen LogP contribution in [-0.4, -0.2) is 63.3 Å². The van der Waals surface area contributed by atoms with Crippen molar-refractivity contribution in [2.45, 2.75) is 30.9 Å². The first-order valence-corrected chi connectivity index (χ1v) is 10.1. The van der Waals surface area contributed by atoms with Gasteiger partial charge in [0, 0.05) is 23.1 Å². The number of thiophene rings is 1. The largest absolute Gasteiger partial charge is 0.477 e. The first-order chi connectivity index (χ1) is 13.3. The molecule has 2 aliphatic rings. The highest BCUT2D eigenvalue weighted by atomic mass is 32.2. The number of carbonyl (C=O) groups excluding carboxylic acids is 4. The van der Waals surface area contributed by atoms with Gasteiger partial charge in [-0.3, -0.25) is 24.1 Å². The van der Waals surface area contributed by atoms with Crippen molar-refractivity contribution in [1.82, 2.24) is 10.2 Å². The number of nitrogens with one attached hydrogen (secondary N) is 1. The number of aliphatic carboxylic acids is 1. The molecule has 9 nitrogen and oxygen atoms in total. The van der Waals surface area contributed by atoms with Gasteiger partial charge in [0.2, 0.25) is 5.91 Å². The fourth-order valence-corrected chi connectivity index (χ4v) is 5.11.